The molecule has 0 radical (unpaired) electrons. The van der Waals surface area contributed by atoms with Crippen molar-refractivity contribution in [3.63, 3.8) is 0 Å². The van der Waals surface area contributed by atoms with Gasteiger partial charge < -0.3 is 14.6 Å². The minimum absolute atomic E-state index is 0.0508. The Morgan fingerprint density at radius 1 is 1.03 bits per heavy atom. The summed E-state index contributed by atoms with van der Waals surface area (Å²) < 4.78 is 48.5. The van der Waals surface area contributed by atoms with Crippen molar-refractivity contribution in [2.24, 2.45) is 0 Å². The first-order valence-electron chi connectivity index (χ1n) is 12.9. The first kappa shape index (κ1) is 26.9. The van der Waals surface area contributed by atoms with E-state index < -0.39 is 29.2 Å². The number of nitrogens with one attached hydrogen (secondary N) is 1. The van der Waals surface area contributed by atoms with E-state index in [4.69, 9.17) is 16.0 Å². The van der Waals surface area contributed by atoms with Crippen LogP contribution in [0.15, 0.2) is 70.7 Å². The molecule has 8 heteroatoms. The Balaban J connectivity index is 1.51. The molecule has 0 fully saturated rings. The number of allylic oxidation sites excluding steroid dienone is 1. The minimum atomic E-state index is -1.18. The van der Waals surface area contributed by atoms with E-state index >= 15 is 0 Å². The van der Waals surface area contributed by atoms with Crippen LogP contribution in [0, 0.1) is 24.4 Å². The van der Waals surface area contributed by atoms with E-state index in [2.05, 4.69) is 11.4 Å². The summed E-state index contributed by atoms with van der Waals surface area (Å²) in [6.07, 6.45) is 7.00. The molecule has 3 aromatic carbocycles. The van der Waals surface area contributed by atoms with E-state index in [9.17, 15) is 18.0 Å². The van der Waals surface area contributed by atoms with Gasteiger partial charge in [-0.15, -0.1) is 0 Å². The maximum absolute atomic E-state index is 14.4. The predicted octanol–water partition coefficient (Wildman–Crippen LogP) is 9.40. The molecule has 1 aliphatic rings. The molecule has 5 rings (SSSR count). The minimum Gasteiger partial charge on any atom is -0.459 e. The maximum atomic E-state index is 14.4. The summed E-state index contributed by atoms with van der Waals surface area (Å²) >= 11 is 6.13. The molecule has 0 unspecified atom stereocenters. The molecule has 0 saturated carbocycles. The second-order valence-electron chi connectivity index (χ2n) is 9.86. The molecular weight excluding hydrogens is 525 g/mol. The molecule has 4 nitrogen and oxygen atoms in total. The molecule has 0 saturated heterocycles. The number of hydrogen-bond donors (Lipinski definition) is 1. The molecule has 1 heterocycles. The van der Waals surface area contributed by atoms with Crippen molar-refractivity contribution in [3.8, 4) is 11.1 Å². The summed E-state index contributed by atoms with van der Waals surface area (Å²) in [5.41, 5.74) is 3.94. The van der Waals surface area contributed by atoms with Gasteiger partial charge in [-0.2, -0.15) is 0 Å². The zero-order chi connectivity index (χ0) is 27.5. The molecule has 0 spiro atoms. The quantitative estimate of drug-likeness (QED) is 0.232. The Bertz CT molecular complexity index is 1520. The second-order valence-corrected chi connectivity index (χ2v) is 10.3. The zero-order valence-corrected chi connectivity index (χ0v) is 22.3. The predicted molar refractivity (Wildman–Crippen MR) is 148 cm³/mol. The number of rotatable bonds is 7. The molecule has 2 amide bonds. The van der Waals surface area contributed by atoms with Gasteiger partial charge in [0, 0.05) is 34.6 Å². The summed E-state index contributed by atoms with van der Waals surface area (Å²) in [5.74, 6) is -2.89. The van der Waals surface area contributed by atoms with Gasteiger partial charge in [-0.05, 0) is 68.9 Å². The highest BCUT2D eigenvalue weighted by Gasteiger charge is 2.24. The van der Waals surface area contributed by atoms with Gasteiger partial charge in [0.2, 0.25) is 0 Å². The number of hydrogen-bond acceptors (Lipinski definition) is 2. The first-order chi connectivity index (χ1) is 18.8. The van der Waals surface area contributed by atoms with Crippen molar-refractivity contribution in [2.45, 2.75) is 45.6 Å². The van der Waals surface area contributed by atoms with Gasteiger partial charge in [-0.3, -0.25) is 0 Å². The fraction of sp³-hybridized carbons (Fsp3) is 0.258. The SMILES string of the molecule is Cc1ccc2oc(CN(CCC3=CCCCC3)C(=O)Nc3c(F)cc(F)cc3F)c(-c3ccc(Cl)cc3)c2c1. The second kappa shape index (κ2) is 11.6. The number of halogens is 4. The fourth-order valence-corrected chi connectivity index (χ4v) is 5.12. The number of aryl methyl sites for hydroxylation is 1. The Morgan fingerprint density at radius 2 is 1.77 bits per heavy atom. The van der Waals surface area contributed by atoms with Gasteiger partial charge in [0.25, 0.3) is 0 Å². The average molecular weight is 553 g/mol. The Kier molecular flexibility index (Phi) is 7.98. The van der Waals surface area contributed by atoms with Gasteiger partial charge >= 0.3 is 6.03 Å². The van der Waals surface area contributed by atoms with Gasteiger partial charge in [0.15, 0.2) is 11.6 Å². The molecule has 0 bridgehead atoms. The summed E-state index contributed by atoms with van der Waals surface area (Å²) in [4.78, 5) is 14.9. The molecule has 0 aliphatic heterocycles. The summed E-state index contributed by atoms with van der Waals surface area (Å²) in [5, 5.41) is 3.79. The number of anilines is 1. The largest absolute Gasteiger partial charge is 0.459 e. The maximum Gasteiger partial charge on any atom is 0.322 e. The van der Waals surface area contributed by atoms with Crippen LogP contribution in [0.3, 0.4) is 0 Å². The number of amides is 2. The topological polar surface area (TPSA) is 45.5 Å². The zero-order valence-electron chi connectivity index (χ0n) is 21.5. The number of furan rings is 1. The molecule has 4 aromatic rings. The molecule has 0 atom stereocenters. The van der Waals surface area contributed by atoms with Crippen molar-refractivity contribution in [1.82, 2.24) is 4.90 Å². The van der Waals surface area contributed by atoms with Crippen LogP contribution >= 0.6 is 11.6 Å². The van der Waals surface area contributed by atoms with Crippen molar-refractivity contribution in [1.29, 1.82) is 0 Å². The van der Waals surface area contributed by atoms with Crippen LogP contribution in [0.1, 0.15) is 43.4 Å². The summed E-state index contributed by atoms with van der Waals surface area (Å²) in [7, 11) is 0. The van der Waals surface area contributed by atoms with Crippen LogP contribution in [0.5, 0.6) is 0 Å². The van der Waals surface area contributed by atoms with E-state index in [0.29, 0.717) is 41.5 Å². The third-order valence-corrected chi connectivity index (χ3v) is 7.25. The number of carbonyl (C=O) groups excluding carboxylic acids is 1. The van der Waals surface area contributed by atoms with Crippen LogP contribution in [-0.2, 0) is 6.54 Å². The summed E-state index contributed by atoms with van der Waals surface area (Å²) in [6, 6.07) is 13.6. The van der Waals surface area contributed by atoms with Gasteiger partial charge in [0.1, 0.15) is 22.8 Å². The summed E-state index contributed by atoms with van der Waals surface area (Å²) in [6.45, 7) is 2.34. The van der Waals surface area contributed by atoms with Crippen molar-refractivity contribution in [3.05, 3.63) is 100 Å². The van der Waals surface area contributed by atoms with Crippen LogP contribution < -0.4 is 5.32 Å². The lowest BCUT2D eigenvalue weighted by atomic mass is 9.97. The van der Waals surface area contributed by atoms with Crippen LogP contribution in [0.2, 0.25) is 5.02 Å². The van der Waals surface area contributed by atoms with Crippen LogP contribution in [0.25, 0.3) is 22.1 Å². The van der Waals surface area contributed by atoms with Gasteiger partial charge in [0.05, 0.1) is 6.54 Å². The lowest BCUT2D eigenvalue weighted by Gasteiger charge is -2.24. The Morgan fingerprint density at radius 3 is 2.46 bits per heavy atom. The fourth-order valence-electron chi connectivity index (χ4n) is 4.99. The normalized spacial score (nSPS) is 13.4. The van der Waals surface area contributed by atoms with Crippen LogP contribution in [-0.4, -0.2) is 17.5 Å². The highest BCUT2D eigenvalue weighted by atomic mass is 35.5. The molecule has 1 aliphatic carbocycles. The third-order valence-electron chi connectivity index (χ3n) is 7.00. The van der Waals surface area contributed by atoms with E-state index in [1.54, 1.807) is 12.1 Å². The molecule has 39 heavy (non-hydrogen) atoms. The number of carbonyl (C=O) groups is 1. The number of urea groups is 1. The Labute approximate surface area is 230 Å². The first-order valence-corrected chi connectivity index (χ1v) is 13.3. The standard InChI is InChI=1S/C31H28ClF3N2O2/c1-19-7-12-27-24(15-19)29(21-8-10-22(32)11-9-21)28(39-27)18-37(14-13-20-5-3-2-4-6-20)31(38)36-30-25(34)16-23(33)17-26(30)35/h5,7-12,15-17H,2-4,6,13-14,18H2,1H3,(H,36,38). The lowest BCUT2D eigenvalue weighted by Crippen LogP contribution is -2.36. The number of benzene rings is 3. The molecule has 1 N–H and O–H groups in total. The van der Waals surface area contributed by atoms with E-state index in [0.717, 1.165) is 47.8 Å². The highest BCUT2D eigenvalue weighted by Crippen LogP contribution is 2.37. The van der Waals surface area contributed by atoms with Gasteiger partial charge in [-0.25, -0.2) is 18.0 Å². The van der Waals surface area contributed by atoms with E-state index in [-0.39, 0.29) is 6.54 Å². The average Bonchev–Trinajstić information content (AvgIpc) is 3.26. The smallest absolute Gasteiger partial charge is 0.322 e. The number of nitrogens with zero attached hydrogens (tertiary/aromatic N) is 1. The van der Waals surface area contributed by atoms with Crippen molar-refractivity contribution in [2.75, 3.05) is 11.9 Å². The van der Waals surface area contributed by atoms with Crippen molar-refractivity contribution >= 4 is 34.3 Å². The van der Waals surface area contributed by atoms with E-state index in [1.807, 2.05) is 37.3 Å². The Hall–Kier alpha value is -3.71. The highest BCUT2D eigenvalue weighted by molar-refractivity contribution is 6.30. The van der Waals surface area contributed by atoms with E-state index in [1.165, 1.54) is 10.5 Å². The molecule has 202 valence electrons. The third kappa shape index (κ3) is 6.14. The lowest BCUT2D eigenvalue weighted by molar-refractivity contribution is 0.205. The number of fused-ring (bicyclic) bond motifs is 1. The molecule has 1 aromatic heterocycles. The van der Waals surface area contributed by atoms with Crippen LogP contribution in [0.4, 0.5) is 23.7 Å². The van der Waals surface area contributed by atoms with Crippen molar-refractivity contribution < 1.29 is 22.4 Å². The van der Waals surface area contributed by atoms with Gasteiger partial charge in [-0.1, -0.05) is 47.0 Å². The monoisotopic (exact) mass is 552 g/mol. The molecular formula is C31H28ClF3N2O2.